The average Bonchev–Trinajstić information content (AvgIpc) is 3.25. The van der Waals surface area contributed by atoms with Crippen molar-refractivity contribution >= 4 is 30.3 Å². The van der Waals surface area contributed by atoms with Crippen molar-refractivity contribution in [3.05, 3.63) is 58.7 Å². The highest BCUT2D eigenvalue weighted by Crippen LogP contribution is 2.30. The van der Waals surface area contributed by atoms with Crippen molar-refractivity contribution in [3.8, 4) is 11.5 Å². The van der Waals surface area contributed by atoms with Gasteiger partial charge in [0.15, 0.2) is 23.4 Å². The number of hydrogen-bond acceptors (Lipinski definition) is 15. The molecule has 23 heteroatoms. The predicted octanol–water partition coefficient (Wildman–Crippen LogP) is 8.73. The Morgan fingerprint density at radius 3 is 1.28 bits per heavy atom. The summed E-state index contributed by atoms with van der Waals surface area (Å²) in [4.78, 5) is 67.4. The summed E-state index contributed by atoms with van der Waals surface area (Å²) in [5.74, 6) is -0.234. The Labute approximate surface area is 410 Å². The standard InChI is InChI=1S/C26H37F3N2O8.C22H31F3N2O5/c1-16(2)35-24(34)38-19(5)37-22(32)25(6,7)39-21-14-17(3)8-9-20(21)15-30-10-12-31(13-11-30)23(33)36-18(4)26(27,28)29;1-6-30-19(28)21(4,5)32-18-13-15(2)7-8-17(18)14-26-9-11-27(12-10-26)20(29)31-16(3)22(23,24)25/h8-9,14,16,18-19H,10-13,15H2,1-7H3;7-8,13,16H,6,9-12,14H2,1-5H3. The summed E-state index contributed by atoms with van der Waals surface area (Å²) in [6, 6.07) is 11.2. The van der Waals surface area contributed by atoms with Crippen LogP contribution in [0.5, 0.6) is 11.5 Å². The van der Waals surface area contributed by atoms with Crippen molar-refractivity contribution in [2.75, 3.05) is 59.0 Å². The van der Waals surface area contributed by atoms with Gasteiger partial charge in [0.2, 0.25) is 6.29 Å². The number of hydrogen-bond donors (Lipinski definition) is 0. The van der Waals surface area contributed by atoms with Gasteiger partial charge in [-0.2, -0.15) is 26.3 Å². The summed E-state index contributed by atoms with van der Waals surface area (Å²) in [6.07, 6.45) is -18.1. The van der Waals surface area contributed by atoms with E-state index < -0.39 is 78.4 Å². The number of amides is 2. The molecule has 0 aliphatic carbocycles. The summed E-state index contributed by atoms with van der Waals surface area (Å²) in [5.41, 5.74) is 0.852. The molecule has 3 atom stereocenters. The lowest BCUT2D eigenvalue weighted by Crippen LogP contribution is -2.49. The van der Waals surface area contributed by atoms with E-state index in [1.54, 1.807) is 40.7 Å². The Balaban J connectivity index is 0.000000383. The van der Waals surface area contributed by atoms with Crippen molar-refractivity contribution in [2.24, 2.45) is 0 Å². The fourth-order valence-corrected chi connectivity index (χ4v) is 6.63. The maximum absolute atomic E-state index is 12.8. The molecule has 2 aromatic rings. The monoisotopic (exact) mass is 1020 g/mol. The largest absolute Gasteiger partial charge is 0.511 e. The lowest BCUT2D eigenvalue weighted by molar-refractivity contribution is -0.200. The van der Waals surface area contributed by atoms with Crippen LogP contribution in [0.1, 0.15) is 91.5 Å². The number of alkyl halides is 6. The van der Waals surface area contributed by atoms with Gasteiger partial charge in [-0.05, 0) is 99.4 Å². The summed E-state index contributed by atoms with van der Waals surface area (Å²) >= 11 is 0. The molecule has 0 N–H and O–H groups in total. The predicted molar refractivity (Wildman–Crippen MR) is 244 cm³/mol. The molecule has 2 fully saturated rings. The van der Waals surface area contributed by atoms with Crippen LogP contribution in [-0.4, -0.2) is 157 Å². The minimum atomic E-state index is -4.62. The van der Waals surface area contributed by atoms with Crippen LogP contribution >= 0.6 is 0 Å². The first-order chi connectivity index (χ1) is 32.8. The van der Waals surface area contributed by atoms with E-state index in [0.29, 0.717) is 50.8 Å². The second-order valence-electron chi connectivity index (χ2n) is 18.3. The zero-order chi connectivity index (χ0) is 53.6. The molecule has 4 rings (SSSR count). The average molecular weight is 1020 g/mol. The number of rotatable bonds is 16. The lowest BCUT2D eigenvalue weighted by atomic mass is 10.1. The lowest BCUT2D eigenvalue weighted by Gasteiger charge is -2.35. The smallest absolute Gasteiger partial charge is 0.476 e. The van der Waals surface area contributed by atoms with E-state index in [2.05, 4.69) is 14.4 Å². The van der Waals surface area contributed by atoms with Gasteiger partial charge >= 0.3 is 42.6 Å². The van der Waals surface area contributed by atoms with E-state index in [4.69, 9.17) is 28.4 Å². The molecule has 17 nitrogen and oxygen atoms in total. The van der Waals surface area contributed by atoms with Crippen molar-refractivity contribution in [2.45, 2.75) is 144 Å². The van der Waals surface area contributed by atoms with Crippen LogP contribution in [-0.2, 0) is 51.1 Å². The van der Waals surface area contributed by atoms with Gasteiger partial charge < -0.3 is 47.7 Å². The summed E-state index contributed by atoms with van der Waals surface area (Å²) < 4.78 is 117. The number of aryl methyl sites for hydroxylation is 2. The molecule has 2 aliphatic rings. The number of esters is 2. The number of benzene rings is 2. The van der Waals surface area contributed by atoms with Crippen LogP contribution < -0.4 is 9.47 Å². The fraction of sp³-hybridized carbons (Fsp3) is 0.646. The molecular formula is C48H68F6N4O13. The molecular weight excluding hydrogens is 955 g/mol. The molecule has 0 aromatic heterocycles. The van der Waals surface area contributed by atoms with E-state index >= 15 is 0 Å². The van der Waals surface area contributed by atoms with Crippen molar-refractivity contribution in [1.82, 2.24) is 19.6 Å². The minimum absolute atomic E-state index is 0.195. The maximum atomic E-state index is 12.8. The Morgan fingerprint density at radius 1 is 0.549 bits per heavy atom. The van der Waals surface area contributed by atoms with Crippen molar-refractivity contribution < 1.29 is 88.2 Å². The van der Waals surface area contributed by atoms with Gasteiger partial charge in [-0.1, -0.05) is 24.3 Å². The number of carbonyl (C=O) groups is 5. The molecule has 3 unspecified atom stereocenters. The topological polar surface area (TPSA) is 172 Å². The van der Waals surface area contributed by atoms with Crippen LogP contribution in [0, 0.1) is 13.8 Å². The molecule has 2 aromatic carbocycles. The Kier molecular flexibility index (Phi) is 21.5. The van der Waals surface area contributed by atoms with Crippen LogP contribution in [0.15, 0.2) is 36.4 Å². The number of piperazine rings is 2. The second-order valence-corrected chi connectivity index (χ2v) is 18.3. The normalized spacial score (nSPS) is 16.4. The van der Waals surface area contributed by atoms with Gasteiger partial charge in [-0.3, -0.25) is 9.80 Å². The molecule has 0 spiro atoms. The molecule has 400 valence electrons. The second kappa shape index (κ2) is 25.6. The van der Waals surface area contributed by atoms with Gasteiger partial charge in [-0.25, -0.2) is 24.0 Å². The Bertz CT molecular complexity index is 2100. The third kappa shape index (κ3) is 19.4. The van der Waals surface area contributed by atoms with E-state index in [-0.39, 0.29) is 32.8 Å². The number of halogens is 6. The van der Waals surface area contributed by atoms with Crippen LogP contribution in [0.3, 0.4) is 0 Å². The van der Waals surface area contributed by atoms with Gasteiger partial charge in [0, 0.05) is 83.5 Å². The Morgan fingerprint density at radius 2 is 0.930 bits per heavy atom. The number of nitrogens with zero attached hydrogens (tertiary/aromatic N) is 4. The molecule has 0 bridgehead atoms. The summed E-state index contributed by atoms with van der Waals surface area (Å²) in [7, 11) is 0. The van der Waals surface area contributed by atoms with E-state index in [0.717, 1.165) is 36.1 Å². The third-order valence-corrected chi connectivity index (χ3v) is 10.8. The zero-order valence-electron chi connectivity index (χ0n) is 42.4. The van der Waals surface area contributed by atoms with Gasteiger partial charge in [0.25, 0.3) is 0 Å². The number of ether oxygens (including phenoxy) is 8. The highest BCUT2D eigenvalue weighted by atomic mass is 19.4. The first-order valence-corrected chi connectivity index (χ1v) is 23.1. The maximum Gasteiger partial charge on any atom is 0.511 e. The first kappa shape index (κ1) is 59.6. The van der Waals surface area contributed by atoms with Gasteiger partial charge in [0.05, 0.1) is 12.7 Å². The number of carbonyl (C=O) groups excluding carboxylic acids is 5. The first-order valence-electron chi connectivity index (χ1n) is 23.1. The molecule has 2 amide bonds. The highest BCUT2D eigenvalue weighted by molar-refractivity contribution is 5.80. The van der Waals surface area contributed by atoms with Crippen molar-refractivity contribution in [3.63, 3.8) is 0 Å². The van der Waals surface area contributed by atoms with Crippen LogP contribution in [0.4, 0.5) is 40.7 Å². The minimum Gasteiger partial charge on any atom is -0.476 e. The van der Waals surface area contributed by atoms with Gasteiger partial charge in [-0.15, -0.1) is 0 Å². The molecule has 0 radical (unpaired) electrons. The summed E-state index contributed by atoms with van der Waals surface area (Å²) in [5, 5.41) is 0. The summed E-state index contributed by atoms with van der Waals surface area (Å²) in [6.45, 7) is 21.9. The zero-order valence-corrected chi connectivity index (χ0v) is 42.4. The molecule has 2 saturated heterocycles. The molecule has 0 saturated carbocycles. The third-order valence-electron chi connectivity index (χ3n) is 10.8. The molecule has 2 aliphatic heterocycles. The van der Waals surface area contributed by atoms with Gasteiger partial charge in [0.1, 0.15) is 11.5 Å². The quantitative estimate of drug-likeness (QED) is 0.0676. The fourth-order valence-electron chi connectivity index (χ4n) is 6.63. The van der Waals surface area contributed by atoms with Crippen LogP contribution in [0.2, 0.25) is 0 Å². The van der Waals surface area contributed by atoms with E-state index in [1.165, 1.54) is 30.6 Å². The van der Waals surface area contributed by atoms with E-state index in [1.807, 2.05) is 49.1 Å². The SMILES string of the molecule is CCOC(=O)C(C)(C)Oc1cc(C)ccc1CN1CCN(C(=O)OC(C)C(F)(F)F)CC1.Cc1ccc(CN2CCN(C(=O)OC(C)C(F)(F)F)CC2)c(OC(C)(C)C(=O)OC(C)OC(=O)OC(C)C)c1. The highest BCUT2D eigenvalue weighted by Gasteiger charge is 2.42. The van der Waals surface area contributed by atoms with E-state index in [9.17, 15) is 50.3 Å². The van der Waals surface area contributed by atoms with Crippen molar-refractivity contribution in [1.29, 1.82) is 0 Å². The Hall–Kier alpha value is -5.71. The molecule has 2 heterocycles. The van der Waals surface area contributed by atoms with Crippen LogP contribution in [0.25, 0.3) is 0 Å². The molecule has 71 heavy (non-hydrogen) atoms.